The van der Waals surface area contributed by atoms with Gasteiger partial charge >= 0.3 is 6.03 Å². The minimum atomic E-state index is -0.0473. The maximum atomic E-state index is 12.9. The van der Waals surface area contributed by atoms with E-state index in [1.165, 1.54) is 11.8 Å². The maximum Gasteiger partial charge on any atom is 0.317 e. The van der Waals surface area contributed by atoms with Crippen LogP contribution < -0.4 is 19.9 Å². The largest absolute Gasteiger partial charge is 0.495 e. The van der Waals surface area contributed by atoms with Crippen LogP contribution in [0.1, 0.15) is 13.8 Å². The molecule has 2 aromatic rings. The highest BCUT2D eigenvalue weighted by Crippen LogP contribution is 2.29. The second kappa shape index (κ2) is 12.6. The minimum absolute atomic E-state index is 0.0289. The van der Waals surface area contributed by atoms with Crippen LogP contribution in [0.2, 0.25) is 5.15 Å². The van der Waals surface area contributed by atoms with E-state index in [2.05, 4.69) is 25.1 Å². The maximum absolute atomic E-state index is 12.9. The highest BCUT2D eigenvalue weighted by Gasteiger charge is 2.28. The van der Waals surface area contributed by atoms with Crippen LogP contribution in [0.3, 0.4) is 0 Å². The fraction of sp³-hybridized carbons (Fsp3) is 0.520. The van der Waals surface area contributed by atoms with Gasteiger partial charge in [0.15, 0.2) is 5.16 Å². The molecule has 2 aliphatic rings. The standard InChI is InChI=1S/C25H34ClN7O3S/c1-4-27-25(35)33-14-13-32(16-18(33)2)22-15-21(26)28-24(29-22)37-17-23(34)31-11-9-30(10-12-31)19-7-5-6-8-20(19)36-3/h5-8,15,18H,4,9-14,16-17H2,1-3H3,(H,27,35)/t18-/m1/s1. The molecule has 4 rings (SSSR count). The fourth-order valence-corrected chi connectivity index (χ4v) is 5.62. The number of urea groups is 1. The summed E-state index contributed by atoms with van der Waals surface area (Å²) in [4.78, 5) is 42.3. The summed E-state index contributed by atoms with van der Waals surface area (Å²) in [7, 11) is 1.67. The molecule has 0 unspecified atom stereocenters. The number of aromatic nitrogens is 2. The highest BCUT2D eigenvalue weighted by atomic mass is 35.5. The van der Waals surface area contributed by atoms with Gasteiger partial charge in [-0.15, -0.1) is 0 Å². The number of ether oxygens (including phenoxy) is 1. The smallest absolute Gasteiger partial charge is 0.317 e. The zero-order valence-corrected chi connectivity index (χ0v) is 23.1. The molecule has 200 valence electrons. The van der Waals surface area contributed by atoms with Crippen molar-refractivity contribution in [2.45, 2.75) is 25.0 Å². The number of nitrogens with one attached hydrogen (secondary N) is 1. The van der Waals surface area contributed by atoms with Crippen molar-refractivity contribution in [1.82, 2.24) is 25.1 Å². The van der Waals surface area contributed by atoms with Crippen molar-refractivity contribution in [3.05, 3.63) is 35.5 Å². The number of hydrogen-bond acceptors (Lipinski definition) is 8. The second-order valence-corrected chi connectivity index (χ2v) is 10.3. The molecule has 1 atom stereocenters. The molecule has 37 heavy (non-hydrogen) atoms. The molecule has 1 N–H and O–H groups in total. The Bertz CT molecular complexity index is 1100. The Hall–Kier alpha value is -2.92. The van der Waals surface area contributed by atoms with Gasteiger partial charge in [-0.25, -0.2) is 14.8 Å². The number of hydrogen-bond donors (Lipinski definition) is 1. The lowest BCUT2D eigenvalue weighted by Gasteiger charge is -2.40. The number of carbonyl (C=O) groups excluding carboxylic acids is 2. The van der Waals surface area contributed by atoms with Crippen LogP contribution in [-0.4, -0.2) is 103 Å². The lowest BCUT2D eigenvalue weighted by Crippen LogP contribution is -2.56. The lowest BCUT2D eigenvalue weighted by molar-refractivity contribution is -0.128. The molecule has 1 aromatic heterocycles. The Morgan fingerprint density at radius 2 is 1.84 bits per heavy atom. The molecule has 0 radical (unpaired) electrons. The highest BCUT2D eigenvalue weighted by molar-refractivity contribution is 7.99. The van der Waals surface area contributed by atoms with Gasteiger partial charge in [0.1, 0.15) is 16.7 Å². The van der Waals surface area contributed by atoms with Gasteiger partial charge in [0.25, 0.3) is 0 Å². The van der Waals surface area contributed by atoms with Crippen LogP contribution in [0.25, 0.3) is 0 Å². The van der Waals surface area contributed by atoms with E-state index in [1.54, 1.807) is 13.2 Å². The minimum Gasteiger partial charge on any atom is -0.495 e. The van der Waals surface area contributed by atoms with Gasteiger partial charge in [-0.1, -0.05) is 35.5 Å². The number of nitrogens with zero attached hydrogens (tertiary/aromatic N) is 6. The summed E-state index contributed by atoms with van der Waals surface area (Å²) in [6.07, 6.45) is 0. The number of methoxy groups -OCH3 is 1. The number of para-hydroxylation sites is 2. The van der Waals surface area contributed by atoms with E-state index in [1.807, 2.05) is 47.9 Å². The van der Waals surface area contributed by atoms with Gasteiger partial charge in [0.05, 0.1) is 18.6 Å². The third kappa shape index (κ3) is 6.70. The SMILES string of the molecule is CCNC(=O)N1CCN(c2cc(Cl)nc(SCC(=O)N3CCN(c4ccccc4OC)CC3)n2)C[C@H]1C. The molecule has 2 fully saturated rings. The van der Waals surface area contributed by atoms with Gasteiger partial charge in [-0.3, -0.25) is 4.79 Å². The van der Waals surface area contributed by atoms with E-state index in [-0.39, 0.29) is 23.7 Å². The van der Waals surface area contributed by atoms with Crippen molar-refractivity contribution in [3.63, 3.8) is 0 Å². The van der Waals surface area contributed by atoms with E-state index >= 15 is 0 Å². The molecule has 2 aliphatic heterocycles. The molecular formula is C25H34ClN7O3S. The summed E-state index contributed by atoms with van der Waals surface area (Å²) in [5.41, 5.74) is 1.05. The third-order valence-electron chi connectivity index (χ3n) is 6.58. The van der Waals surface area contributed by atoms with Crippen molar-refractivity contribution < 1.29 is 14.3 Å². The molecule has 3 heterocycles. The summed E-state index contributed by atoms with van der Waals surface area (Å²) in [6, 6.07) is 9.66. The number of anilines is 2. The summed E-state index contributed by atoms with van der Waals surface area (Å²) in [6.45, 7) is 9.20. The zero-order chi connectivity index (χ0) is 26.4. The average molecular weight is 548 g/mol. The predicted octanol–water partition coefficient (Wildman–Crippen LogP) is 2.82. The number of benzene rings is 1. The van der Waals surface area contributed by atoms with Crippen LogP contribution in [0.4, 0.5) is 16.3 Å². The fourth-order valence-electron chi connectivity index (χ4n) is 4.64. The molecule has 0 bridgehead atoms. The number of rotatable bonds is 7. The van der Waals surface area contributed by atoms with Crippen molar-refractivity contribution in [2.24, 2.45) is 0 Å². The van der Waals surface area contributed by atoms with Gasteiger partial charge in [-0.2, -0.15) is 0 Å². The first-order valence-corrected chi connectivity index (χ1v) is 13.9. The number of piperazine rings is 2. The summed E-state index contributed by atoms with van der Waals surface area (Å²) in [5, 5.41) is 3.67. The predicted molar refractivity (Wildman–Crippen MR) is 147 cm³/mol. The molecule has 0 spiro atoms. The first-order chi connectivity index (χ1) is 17.9. The summed E-state index contributed by atoms with van der Waals surface area (Å²) < 4.78 is 5.48. The Morgan fingerprint density at radius 3 is 2.54 bits per heavy atom. The Morgan fingerprint density at radius 1 is 1.11 bits per heavy atom. The normalized spacial score (nSPS) is 18.1. The summed E-state index contributed by atoms with van der Waals surface area (Å²) in [5.74, 6) is 1.85. The summed E-state index contributed by atoms with van der Waals surface area (Å²) >= 11 is 7.61. The van der Waals surface area contributed by atoms with Gasteiger partial charge in [0, 0.05) is 64.5 Å². The molecule has 10 nitrogen and oxygen atoms in total. The van der Waals surface area contributed by atoms with Gasteiger partial charge in [0.2, 0.25) is 5.91 Å². The zero-order valence-electron chi connectivity index (χ0n) is 21.5. The molecule has 3 amide bonds. The third-order valence-corrected chi connectivity index (χ3v) is 7.61. The number of thioether (sulfide) groups is 1. The van der Waals surface area contributed by atoms with Crippen LogP contribution in [-0.2, 0) is 4.79 Å². The molecule has 0 aliphatic carbocycles. The Balaban J connectivity index is 1.31. The van der Waals surface area contributed by atoms with E-state index in [0.29, 0.717) is 55.4 Å². The van der Waals surface area contributed by atoms with Crippen molar-refractivity contribution in [2.75, 3.05) is 75.0 Å². The molecule has 2 saturated heterocycles. The van der Waals surface area contributed by atoms with Crippen LogP contribution in [0.15, 0.2) is 35.5 Å². The number of amides is 3. The van der Waals surface area contributed by atoms with E-state index in [0.717, 1.165) is 24.5 Å². The second-order valence-electron chi connectivity index (χ2n) is 8.98. The van der Waals surface area contributed by atoms with Crippen molar-refractivity contribution >= 4 is 46.8 Å². The van der Waals surface area contributed by atoms with Crippen molar-refractivity contribution in [1.29, 1.82) is 0 Å². The molecule has 1 aromatic carbocycles. The van der Waals surface area contributed by atoms with E-state index in [9.17, 15) is 9.59 Å². The van der Waals surface area contributed by atoms with E-state index in [4.69, 9.17) is 16.3 Å². The monoisotopic (exact) mass is 547 g/mol. The Kier molecular flexibility index (Phi) is 9.20. The topological polar surface area (TPSA) is 94.1 Å². The first-order valence-electron chi connectivity index (χ1n) is 12.5. The molecular weight excluding hydrogens is 514 g/mol. The first kappa shape index (κ1) is 27.1. The number of carbonyl (C=O) groups is 2. The quantitative estimate of drug-likeness (QED) is 0.321. The van der Waals surface area contributed by atoms with Gasteiger partial charge < -0.3 is 29.7 Å². The Labute approximate surface area is 227 Å². The van der Waals surface area contributed by atoms with Crippen molar-refractivity contribution in [3.8, 4) is 5.75 Å². The van der Waals surface area contributed by atoms with Crippen LogP contribution in [0.5, 0.6) is 5.75 Å². The molecule has 0 saturated carbocycles. The molecule has 12 heteroatoms. The van der Waals surface area contributed by atoms with E-state index < -0.39 is 0 Å². The van der Waals surface area contributed by atoms with Crippen LogP contribution >= 0.6 is 23.4 Å². The van der Waals surface area contributed by atoms with Crippen LogP contribution in [0, 0.1) is 0 Å². The number of halogens is 1. The average Bonchev–Trinajstić information content (AvgIpc) is 2.91. The van der Waals surface area contributed by atoms with Gasteiger partial charge in [-0.05, 0) is 26.0 Å². The lowest BCUT2D eigenvalue weighted by atomic mass is 10.2.